The molecular weight excluding hydrogens is 300 g/mol. The van der Waals surface area contributed by atoms with Crippen molar-refractivity contribution in [2.45, 2.75) is 39.3 Å². The SMILES string of the molecule is CCOC(=O)CC(NC(C)C)C(=O)c1ccc2[nH]c(=O)oc2c1. The fraction of sp³-hybridized carbons (Fsp3) is 0.438. The van der Waals surface area contributed by atoms with Gasteiger partial charge in [0.15, 0.2) is 11.4 Å². The number of benzene rings is 1. The molecule has 7 nitrogen and oxygen atoms in total. The van der Waals surface area contributed by atoms with E-state index in [9.17, 15) is 14.4 Å². The van der Waals surface area contributed by atoms with Crippen molar-refractivity contribution in [3.63, 3.8) is 0 Å². The van der Waals surface area contributed by atoms with E-state index in [1.807, 2.05) is 13.8 Å². The Morgan fingerprint density at radius 1 is 1.35 bits per heavy atom. The second-order valence-corrected chi connectivity index (χ2v) is 5.47. The van der Waals surface area contributed by atoms with Gasteiger partial charge in [0, 0.05) is 11.6 Å². The van der Waals surface area contributed by atoms with Gasteiger partial charge in [-0.15, -0.1) is 0 Å². The van der Waals surface area contributed by atoms with Crippen molar-refractivity contribution >= 4 is 22.9 Å². The molecule has 0 fully saturated rings. The smallest absolute Gasteiger partial charge is 0.417 e. The summed E-state index contributed by atoms with van der Waals surface area (Å²) in [4.78, 5) is 38.1. The van der Waals surface area contributed by atoms with E-state index >= 15 is 0 Å². The topological polar surface area (TPSA) is 101 Å². The van der Waals surface area contributed by atoms with Crippen molar-refractivity contribution in [3.8, 4) is 0 Å². The summed E-state index contributed by atoms with van der Waals surface area (Å²) in [5.41, 5.74) is 1.19. The van der Waals surface area contributed by atoms with Crippen LogP contribution >= 0.6 is 0 Å². The number of aromatic amines is 1. The second kappa shape index (κ2) is 7.23. The first-order valence-corrected chi connectivity index (χ1v) is 7.49. The monoisotopic (exact) mass is 320 g/mol. The highest BCUT2D eigenvalue weighted by atomic mass is 16.5. The van der Waals surface area contributed by atoms with Crippen LogP contribution in [0.5, 0.6) is 0 Å². The van der Waals surface area contributed by atoms with E-state index in [1.54, 1.807) is 19.1 Å². The molecule has 2 aromatic rings. The van der Waals surface area contributed by atoms with E-state index in [4.69, 9.17) is 9.15 Å². The minimum Gasteiger partial charge on any atom is -0.466 e. The molecule has 0 saturated heterocycles. The van der Waals surface area contributed by atoms with Crippen molar-refractivity contribution < 1.29 is 18.7 Å². The summed E-state index contributed by atoms with van der Waals surface area (Å²) < 4.78 is 9.88. The van der Waals surface area contributed by atoms with Crippen LogP contribution in [0.4, 0.5) is 0 Å². The molecule has 2 N–H and O–H groups in total. The standard InChI is InChI=1S/C16H20N2O5/c1-4-22-14(19)8-12(17-9(2)3)15(20)10-5-6-11-13(7-10)23-16(21)18-11/h5-7,9,12,17H,4,8H2,1-3H3,(H,18,21). The van der Waals surface area contributed by atoms with E-state index in [-0.39, 0.29) is 24.9 Å². The minimum absolute atomic E-state index is 0.0206. The number of nitrogens with one attached hydrogen (secondary N) is 2. The largest absolute Gasteiger partial charge is 0.466 e. The molecule has 0 radical (unpaired) electrons. The number of hydrogen-bond donors (Lipinski definition) is 2. The normalized spacial score (nSPS) is 12.5. The number of ketones is 1. The lowest BCUT2D eigenvalue weighted by molar-refractivity contribution is -0.143. The van der Waals surface area contributed by atoms with Gasteiger partial charge in [-0.3, -0.25) is 14.6 Å². The zero-order chi connectivity index (χ0) is 17.0. The molecule has 1 aromatic heterocycles. The zero-order valence-electron chi connectivity index (χ0n) is 13.3. The molecule has 1 aromatic carbocycles. The van der Waals surface area contributed by atoms with Gasteiger partial charge in [0.25, 0.3) is 0 Å². The Kier molecular flexibility index (Phi) is 5.33. The van der Waals surface area contributed by atoms with Crippen LogP contribution in [-0.2, 0) is 9.53 Å². The summed E-state index contributed by atoms with van der Waals surface area (Å²) in [5, 5.41) is 3.07. The molecule has 0 aliphatic rings. The van der Waals surface area contributed by atoms with Gasteiger partial charge in [-0.2, -0.15) is 0 Å². The third-order valence-corrected chi connectivity index (χ3v) is 3.23. The quantitative estimate of drug-likeness (QED) is 0.594. The molecule has 0 aliphatic heterocycles. The van der Waals surface area contributed by atoms with Gasteiger partial charge in [0.1, 0.15) is 0 Å². The highest BCUT2D eigenvalue weighted by Gasteiger charge is 2.25. The van der Waals surface area contributed by atoms with Gasteiger partial charge in [-0.1, -0.05) is 13.8 Å². The summed E-state index contributed by atoms with van der Waals surface area (Å²) in [6.45, 7) is 5.76. The first-order chi connectivity index (χ1) is 10.9. The van der Waals surface area contributed by atoms with Gasteiger partial charge in [0.05, 0.1) is 24.6 Å². The minimum atomic E-state index is -0.697. The lowest BCUT2D eigenvalue weighted by Crippen LogP contribution is -2.42. The molecule has 124 valence electrons. The molecule has 0 bridgehead atoms. The van der Waals surface area contributed by atoms with E-state index in [0.29, 0.717) is 16.7 Å². The van der Waals surface area contributed by atoms with Crippen molar-refractivity contribution in [1.29, 1.82) is 0 Å². The van der Waals surface area contributed by atoms with Crippen molar-refractivity contribution in [2.24, 2.45) is 0 Å². The van der Waals surface area contributed by atoms with E-state index in [1.165, 1.54) is 6.07 Å². The number of esters is 1. The number of Topliss-reactive ketones (excluding diaryl/α,β-unsaturated/α-hetero) is 1. The highest BCUT2D eigenvalue weighted by molar-refractivity contribution is 6.03. The van der Waals surface area contributed by atoms with Gasteiger partial charge in [0.2, 0.25) is 0 Å². The number of rotatable bonds is 7. The molecular formula is C16H20N2O5. The average molecular weight is 320 g/mol. The molecule has 1 heterocycles. The van der Waals surface area contributed by atoms with Crippen LogP contribution < -0.4 is 11.1 Å². The third kappa shape index (κ3) is 4.29. The molecule has 0 aliphatic carbocycles. The first kappa shape index (κ1) is 17.0. The Bertz CT molecular complexity index is 759. The van der Waals surface area contributed by atoms with Gasteiger partial charge in [-0.25, -0.2) is 4.79 Å². The van der Waals surface area contributed by atoms with Gasteiger partial charge >= 0.3 is 11.7 Å². The number of carbonyl (C=O) groups excluding carboxylic acids is 2. The molecule has 0 saturated carbocycles. The number of oxazole rings is 1. The lowest BCUT2D eigenvalue weighted by atomic mass is 10.0. The summed E-state index contributed by atoms with van der Waals surface area (Å²) in [6.07, 6.45) is -0.0556. The fourth-order valence-electron chi connectivity index (χ4n) is 2.32. The van der Waals surface area contributed by atoms with Crippen molar-refractivity contribution in [1.82, 2.24) is 10.3 Å². The van der Waals surface area contributed by atoms with Crippen molar-refractivity contribution in [3.05, 3.63) is 34.3 Å². The number of ether oxygens (including phenoxy) is 1. The van der Waals surface area contributed by atoms with Crippen LogP contribution in [-0.4, -0.2) is 35.4 Å². The molecule has 23 heavy (non-hydrogen) atoms. The molecule has 1 unspecified atom stereocenters. The maximum Gasteiger partial charge on any atom is 0.417 e. The summed E-state index contributed by atoms with van der Waals surface area (Å²) >= 11 is 0. The van der Waals surface area contributed by atoms with Crippen LogP contribution in [0.2, 0.25) is 0 Å². The average Bonchev–Trinajstić information content (AvgIpc) is 2.84. The van der Waals surface area contributed by atoms with E-state index < -0.39 is 17.8 Å². The van der Waals surface area contributed by atoms with Crippen LogP contribution in [0.25, 0.3) is 11.1 Å². The highest BCUT2D eigenvalue weighted by Crippen LogP contribution is 2.15. The Morgan fingerprint density at radius 2 is 2.09 bits per heavy atom. The Hall–Kier alpha value is -2.41. The molecule has 7 heteroatoms. The van der Waals surface area contributed by atoms with Gasteiger partial charge in [-0.05, 0) is 25.1 Å². The zero-order valence-corrected chi connectivity index (χ0v) is 13.3. The number of hydrogen-bond acceptors (Lipinski definition) is 6. The predicted molar refractivity (Wildman–Crippen MR) is 84.5 cm³/mol. The van der Waals surface area contributed by atoms with Crippen molar-refractivity contribution in [2.75, 3.05) is 6.61 Å². The Labute approximate surface area is 133 Å². The third-order valence-electron chi connectivity index (χ3n) is 3.23. The second-order valence-electron chi connectivity index (χ2n) is 5.47. The van der Waals surface area contributed by atoms with E-state index in [2.05, 4.69) is 10.3 Å². The molecule has 2 rings (SSSR count). The lowest BCUT2D eigenvalue weighted by Gasteiger charge is -2.19. The molecule has 0 spiro atoms. The number of carbonyl (C=O) groups is 2. The van der Waals surface area contributed by atoms with Crippen LogP contribution in [0.1, 0.15) is 37.6 Å². The summed E-state index contributed by atoms with van der Waals surface area (Å²) in [7, 11) is 0. The summed E-state index contributed by atoms with van der Waals surface area (Å²) in [5.74, 6) is -1.27. The predicted octanol–water partition coefficient (Wildman–Crippen LogP) is 1.62. The number of aromatic nitrogens is 1. The maximum absolute atomic E-state index is 12.7. The van der Waals surface area contributed by atoms with Crippen LogP contribution in [0, 0.1) is 0 Å². The first-order valence-electron chi connectivity index (χ1n) is 7.49. The van der Waals surface area contributed by atoms with E-state index in [0.717, 1.165) is 0 Å². The number of fused-ring (bicyclic) bond motifs is 1. The fourth-order valence-corrected chi connectivity index (χ4v) is 2.32. The van der Waals surface area contributed by atoms with Crippen LogP contribution in [0.3, 0.4) is 0 Å². The maximum atomic E-state index is 12.7. The Morgan fingerprint density at radius 3 is 2.74 bits per heavy atom. The summed E-state index contributed by atoms with van der Waals surface area (Å²) in [6, 6.07) is 4.01. The molecule has 0 amide bonds. The molecule has 1 atom stereocenters. The van der Waals surface area contributed by atoms with Gasteiger partial charge < -0.3 is 14.5 Å². The number of H-pyrrole nitrogens is 1. The van der Waals surface area contributed by atoms with Crippen LogP contribution in [0.15, 0.2) is 27.4 Å². The Balaban J connectivity index is 2.26.